The Labute approximate surface area is 183 Å². The van der Waals surface area contributed by atoms with Gasteiger partial charge in [0.05, 0.1) is 36.7 Å². The number of Topliss-reactive ketones (excluding diaryl/α,β-unsaturated/α-hetero) is 1. The predicted molar refractivity (Wildman–Crippen MR) is 117 cm³/mol. The first kappa shape index (κ1) is 19.5. The lowest BCUT2D eigenvalue weighted by molar-refractivity contribution is -0.121. The number of ether oxygens (including phenoxy) is 1. The van der Waals surface area contributed by atoms with Gasteiger partial charge in [0.1, 0.15) is 11.5 Å². The van der Waals surface area contributed by atoms with Crippen molar-refractivity contribution in [2.45, 2.75) is 25.3 Å². The summed E-state index contributed by atoms with van der Waals surface area (Å²) < 4.78 is 31.8. The van der Waals surface area contributed by atoms with Crippen LogP contribution in [0.5, 0.6) is 0 Å². The van der Waals surface area contributed by atoms with Crippen molar-refractivity contribution in [3.63, 3.8) is 0 Å². The molecule has 0 bridgehead atoms. The number of morpholine rings is 1. The molecule has 1 aliphatic carbocycles. The van der Waals surface area contributed by atoms with Gasteiger partial charge in [-0.1, -0.05) is 18.2 Å². The number of alkyl halides is 2. The number of nitrogens with one attached hydrogen (secondary N) is 1. The quantitative estimate of drug-likeness (QED) is 0.665. The minimum Gasteiger partial charge on any atom is -0.378 e. The van der Waals surface area contributed by atoms with Crippen LogP contribution in [-0.2, 0) is 22.5 Å². The number of aliphatic imine (C=N–C) groups is 1. The minimum atomic E-state index is -2.81. The lowest BCUT2D eigenvalue weighted by atomic mass is 9.98. The number of ketones is 1. The molecule has 1 saturated heterocycles. The molecule has 6 rings (SSSR count). The number of aromatic amines is 1. The first-order valence-electron chi connectivity index (χ1n) is 10.9. The molecule has 1 aromatic heterocycles. The highest BCUT2D eigenvalue weighted by Crippen LogP contribution is 2.49. The van der Waals surface area contributed by atoms with Crippen molar-refractivity contribution >= 4 is 28.2 Å². The molecule has 164 valence electrons. The summed E-state index contributed by atoms with van der Waals surface area (Å²) in [5.74, 6) is -3.60. The fourth-order valence-corrected chi connectivity index (χ4v) is 4.59. The molecule has 1 unspecified atom stereocenters. The summed E-state index contributed by atoms with van der Waals surface area (Å²) in [5.41, 5.74) is 6.46. The molecule has 2 aliphatic heterocycles. The van der Waals surface area contributed by atoms with Gasteiger partial charge in [-0.15, -0.1) is 0 Å². The third-order valence-electron chi connectivity index (χ3n) is 6.49. The van der Waals surface area contributed by atoms with Crippen LogP contribution in [0.25, 0.3) is 11.0 Å². The molecule has 1 saturated carbocycles. The van der Waals surface area contributed by atoms with Crippen LogP contribution in [0.1, 0.15) is 28.9 Å². The van der Waals surface area contributed by atoms with Crippen LogP contribution in [-0.4, -0.2) is 53.7 Å². The van der Waals surface area contributed by atoms with Gasteiger partial charge in [-0.3, -0.25) is 9.79 Å². The SMILES string of the molecule is O=C(Cc1ccc2c(c1)CN=C2c1nc2ccc(N3CCOCC3)cc2[nH]1)C1CC1(F)F. The second kappa shape index (κ2) is 7.20. The number of aromatic nitrogens is 2. The fourth-order valence-electron chi connectivity index (χ4n) is 4.59. The van der Waals surface area contributed by atoms with Crippen molar-refractivity contribution in [3.05, 3.63) is 58.9 Å². The van der Waals surface area contributed by atoms with Crippen LogP contribution >= 0.6 is 0 Å². The summed E-state index contributed by atoms with van der Waals surface area (Å²) in [4.78, 5) is 27.2. The van der Waals surface area contributed by atoms with Crippen molar-refractivity contribution in [1.29, 1.82) is 0 Å². The van der Waals surface area contributed by atoms with Crippen LogP contribution < -0.4 is 4.90 Å². The molecule has 8 heteroatoms. The van der Waals surface area contributed by atoms with Gasteiger partial charge < -0.3 is 14.6 Å². The maximum absolute atomic E-state index is 13.2. The number of rotatable bonds is 5. The highest BCUT2D eigenvalue weighted by molar-refractivity contribution is 6.14. The zero-order valence-electron chi connectivity index (χ0n) is 17.4. The van der Waals surface area contributed by atoms with Gasteiger partial charge in [-0.05, 0) is 29.3 Å². The Hall–Kier alpha value is -3.13. The Kier molecular flexibility index (Phi) is 4.40. The van der Waals surface area contributed by atoms with Gasteiger partial charge in [0, 0.05) is 37.2 Å². The van der Waals surface area contributed by atoms with Crippen LogP contribution in [0.4, 0.5) is 14.5 Å². The fraction of sp³-hybridized carbons (Fsp3) is 0.375. The van der Waals surface area contributed by atoms with E-state index < -0.39 is 11.8 Å². The molecule has 0 radical (unpaired) electrons. The molecule has 3 aromatic rings. The third-order valence-corrected chi connectivity index (χ3v) is 6.49. The molecule has 32 heavy (non-hydrogen) atoms. The van der Waals surface area contributed by atoms with Gasteiger partial charge in [0.2, 0.25) is 0 Å². The molecule has 1 N–H and O–H groups in total. The van der Waals surface area contributed by atoms with E-state index in [2.05, 4.69) is 27.0 Å². The van der Waals surface area contributed by atoms with Gasteiger partial charge in [-0.25, -0.2) is 13.8 Å². The molecule has 2 aromatic carbocycles. The van der Waals surface area contributed by atoms with Crippen molar-refractivity contribution < 1.29 is 18.3 Å². The first-order valence-corrected chi connectivity index (χ1v) is 10.9. The van der Waals surface area contributed by atoms with E-state index in [4.69, 9.17) is 9.72 Å². The summed E-state index contributed by atoms with van der Waals surface area (Å²) in [6, 6.07) is 11.9. The number of hydrogen-bond acceptors (Lipinski definition) is 5. The van der Waals surface area contributed by atoms with Crippen LogP contribution in [0.2, 0.25) is 0 Å². The second-order valence-corrected chi connectivity index (χ2v) is 8.70. The number of fused-ring (bicyclic) bond motifs is 2. The van der Waals surface area contributed by atoms with Crippen molar-refractivity contribution in [2.75, 3.05) is 31.2 Å². The largest absolute Gasteiger partial charge is 0.378 e. The minimum absolute atomic E-state index is 0.0395. The molecule has 6 nitrogen and oxygen atoms in total. The van der Waals surface area contributed by atoms with Gasteiger partial charge >= 0.3 is 0 Å². The Balaban J connectivity index is 1.23. The van der Waals surface area contributed by atoms with Crippen molar-refractivity contribution in [3.8, 4) is 0 Å². The number of H-pyrrole nitrogens is 1. The van der Waals surface area contributed by atoms with E-state index in [1.807, 2.05) is 24.3 Å². The summed E-state index contributed by atoms with van der Waals surface area (Å²) in [7, 11) is 0. The van der Waals surface area contributed by atoms with Crippen molar-refractivity contribution in [2.24, 2.45) is 10.9 Å². The average molecular weight is 436 g/mol. The highest BCUT2D eigenvalue weighted by atomic mass is 19.3. The number of nitrogens with zero attached hydrogens (tertiary/aromatic N) is 3. The zero-order chi connectivity index (χ0) is 21.9. The Morgan fingerprint density at radius 2 is 2.00 bits per heavy atom. The standard InChI is InChI=1S/C24H22F2N4O2/c25-24(26)12-18(24)21(31)10-14-1-3-17-15(9-14)13-27-22(17)23-28-19-4-2-16(11-20(19)29-23)30-5-7-32-8-6-30/h1-4,9,11,18H,5-8,10,12-13H2,(H,28,29). The highest BCUT2D eigenvalue weighted by Gasteiger charge is 2.60. The first-order chi connectivity index (χ1) is 15.5. The average Bonchev–Trinajstić information content (AvgIpc) is 3.13. The molecule has 0 spiro atoms. The summed E-state index contributed by atoms with van der Waals surface area (Å²) in [6.45, 7) is 3.70. The molecule has 1 atom stereocenters. The summed E-state index contributed by atoms with van der Waals surface area (Å²) in [5, 5.41) is 0. The molecular formula is C24H22F2N4O2. The molecule has 3 heterocycles. The zero-order valence-corrected chi connectivity index (χ0v) is 17.4. The maximum Gasteiger partial charge on any atom is 0.258 e. The van der Waals surface area contributed by atoms with E-state index in [9.17, 15) is 13.6 Å². The van der Waals surface area contributed by atoms with Gasteiger partial charge in [-0.2, -0.15) is 0 Å². The maximum atomic E-state index is 13.2. The van der Waals surface area contributed by atoms with E-state index in [0.29, 0.717) is 12.4 Å². The topological polar surface area (TPSA) is 70.6 Å². The number of benzene rings is 2. The lowest BCUT2D eigenvalue weighted by Gasteiger charge is -2.28. The Bertz CT molecular complexity index is 1260. The van der Waals surface area contributed by atoms with Crippen LogP contribution in [0.15, 0.2) is 41.4 Å². The molecule has 0 amide bonds. The number of carbonyl (C=O) groups excluding carboxylic acids is 1. The van der Waals surface area contributed by atoms with E-state index in [1.165, 1.54) is 0 Å². The van der Waals surface area contributed by atoms with Gasteiger partial charge in [0.15, 0.2) is 5.82 Å². The summed E-state index contributed by atoms with van der Waals surface area (Å²) in [6.07, 6.45) is -0.277. The summed E-state index contributed by atoms with van der Waals surface area (Å²) >= 11 is 0. The number of carbonyl (C=O) groups is 1. The van der Waals surface area contributed by atoms with Crippen LogP contribution in [0, 0.1) is 5.92 Å². The number of imidazole rings is 1. The third kappa shape index (κ3) is 3.39. The number of hydrogen-bond donors (Lipinski definition) is 1. The Morgan fingerprint density at radius 3 is 2.78 bits per heavy atom. The van der Waals surface area contributed by atoms with Crippen molar-refractivity contribution in [1.82, 2.24) is 9.97 Å². The molecular weight excluding hydrogens is 414 g/mol. The number of halogens is 2. The second-order valence-electron chi connectivity index (χ2n) is 8.70. The number of anilines is 1. The van der Waals surface area contributed by atoms with Gasteiger partial charge in [0.25, 0.3) is 5.92 Å². The van der Waals surface area contributed by atoms with E-state index in [0.717, 1.165) is 65.4 Å². The molecule has 2 fully saturated rings. The normalized spacial score (nSPS) is 21.5. The lowest BCUT2D eigenvalue weighted by Crippen LogP contribution is -2.36. The van der Waals surface area contributed by atoms with E-state index in [-0.39, 0.29) is 18.6 Å². The monoisotopic (exact) mass is 436 g/mol. The predicted octanol–water partition coefficient (Wildman–Crippen LogP) is 3.52. The Morgan fingerprint density at radius 1 is 1.19 bits per heavy atom. The smallest absolute Gasteiger partial charge is 0.258 e. The van der Waals surface area contributed by atoms with E-state index in [1.54, 1.807) is 0 Å². The van der Waals surface area contributed by atoms with Crippen LogP contribution in [0.3, 0.4) is 0 Å². The molecule has 3 aliphatic rings. The van der Waals surface area contributed by atoms with E-state index >= 15 is 0 Å².